The Hall–Kier alpha value is -1.97. The van der Waals surface area contributed by atoms with Crippen LogP contribution in [-0.2, 0) is 6.42 Å². The molecule has 2 aromatic rings. The van der Waals surface area contributed by atoms with Crippen LogP contribution >= 0.6 is 0 Å². The average molecular weight is 316 g/mol. The van der Waals surface area contributed by atoms with Crippen molar-refractivity contribution in [1.82, 2.24) is 9.97 Å². The van der Waals surface area contributed by atoms with Gasteiger partial charge in [0.15, 0.2) is 11.6 Å². The average Bonchev–Trinajstić information content (AvgIpc) is 2.58. The molecule has 0 bridgehead atoms. The number of hydrogen-bond acceptors (Lipinski definition) is 3. The summed E-state index contributed by atoms with van der Waals surface area (Å²) in [6.45, 7) is 2.23. The highest BCUT2D eigenvalue weighted by Crippen LogP contribution is 2.23. The minimum atomic E-state index is -0.386. The lowest BCUT2D eigenvalue weighted by atomic mass is 10.1. The Kier molecular flexibility index (Phi) is 6.98. The third kappa shape index (κ3) is 5.31. The third-order valence-electron chi connectivity index (χ3n) is 3.94. The van der Waals surface area contributed by atoms with Gasteiger partial charge in [-0.25, -0.2) is 4.39 Å². The number of unbranched alkanes of at least 4 members (excludes halogenated alkanes) is 5. The summed E-state index contributed by atoms with van der Waals surface area (Å²) in [7, 11) is 1.45. The minimum Gasteiger partial charge on any atom is -0.494 e. The standard InChI is InChI=1S/C19H25FN2O/c1-3-4-5-6-7-8-9-16-13-22-18(14-21-16)15-10-11-19(23-2)17(20)12-15/h10-14H,3-9H2,1-2H3. The van der Waals surface area contributed by atoms with E-state index in [-0.39, 0.29) is 11.6 Å². The molecule has 3 nitrogen and oxygen atoms in total. The van der Waals surface area contributed by atoms with E-state index in [1.54, 1.807) is 24.5 Å². The van der Waals surface area contributed by atoms with Crippen LogP contribution in [0.3, 0.4) is 0 Å². The van der Waals surface area contributed by atoms with Crippen molar-refractivity contribution >= 4 is 0 Å². The number of hydrogen-bond donors (Lipinski definition) is 0. The van der Waals surface area contributed by atoms with Crippen LogP contribution in [0.2, 0.25) is 0 Å². The van der Waals surface area contributed by atoms with Crippen molar-refractivity contribution in [2.24, 2.45) is 0 Å². The number of aromatic nitrogens is 2. The zero-order chi connectivity index (χ0) is 16.5. The first kappa shape index (κ1) is 17.4. The van der Waals surface area contributed by atoms with Crippen LogP contribution in [0.25, 0.3) is 11.3 Å². The molecule has 0 spiro atoms. The second kappa shape index (κ2) is 9.23. The summed E-state index contributed by atoms with van der Waals surface area (Å²) in [5.41, 5.74) is 2.39. The minimum absolute atomic E-state index is 0.237. The number of ether oxygens (including phenoxy) is 1. The summed E-state index contributed by atoms with van der Waals surface area (Å²) < 4.78 is 18.7. The lowest BCUT2D eigenvalue weighted by molar-refractivity contribution is 0.386. The van der Waals surface area contributed by atoms with Gasteiger partial charge in [-0.15, -0.1) is 0 Å². The molecular weight excluding hydrogens is 291 g/mol. The van der Waals surface area contributed by atoms with Crippen LogP contribution in [0.4, 0.5) is 4.39 Å². The fourth-order valence-corrected chi connectivity index (χ4v) is 2.55. The van der Waals surface area contributed by atoms with Gasteiger partial charge in [-0.05, 0) is 31.0 Å². The van der Waals surface area contributed by atoms with Gasteiger partial charge in [0.1, 0.15) is 0 Å². The molecule has 0 unspecified atom stereocenters. The number of halogens is 1. The van der Waals surface area contributed by atoms with Gasteiger partial charge in [0.25, 0.3) is 0 Å². The summed E-state index contributed by atoms with van der Waals surface area (Å²) in [5.74, 6) is -0.149. The predicted molar refractivity (Wildman–Crippen MR) is 91.1 cm³/mol. The van der Waals surface area contributed by atoms with E-state index in [4.69, 9.17) is 4.74 Å². The van der Waals surface area contributed by atoms with Crippen molar-refractivity contribution in [2.45, 2.75) is 51.9 Å². The summed E-state index contributed by atoms with van der Waals surface area (Å²) in [5, 5.41) is 0. The van der Waals surface area contributed by atoms with Crippen molar-refractivity contribution in [1.29, 1.82) is 0 Å². The molecule has 1 aromatic heterocycles. The molecule has 0 amide bonds. The van der Waals surface area contributed by atoms with E-state index in [2.05, 4.69) is 16.9 Å². The molecular formula is C19H25FN2O. The first-order valence-corrected chi connectivity index (χ1v) is 8.39. The molecule has 1 heterocycles. The fourth-order valence-electron chi connectivity index (χ4n) is 2.55. The Labute approximate surface area is 137 Å². The molecule has 0 aliphatic rings. The highest BCUT2D eigenvalue weighted by molar-refractivity contribution is 5.59. The fraction of sp³-hybridized carbons (Fsp3) is 0.474. The normalized spacial score (nSPS) is 10.7. The second-order valence-electron chi connectivity index (χ2n) is 5.76. The van der Waals surface area contributed by atoms with Gasteiger partial charge >= 0.3 is 0 Å². The van der Waals surface area contributed by atoms with E-state index in [9.17, 15) is 4.39 Å². The van der Waals surface area contributed by atoms with Gasteiger partial charge in [0.05, 0.1) is 24.7 Å². The van der Waals surface area contributed by atoms with Crippen molar-refractivity contribution in [2.75, 3.05) is 7.11 Å². The van der Waals surface area contributed by atoms with Crippen molar-refractivity contribution in [3.05, 3.63) is 42.1 Å². The van der Waals surface area contributed by atoms with E-state index in [0.29, 0.717) is 11.3 Å². The van der Waals surface area contributed by atoms with Crippen molar-refractivity contribution < 1.29 is 9.13 Å². The maximum Gasteiger partial charge on any atom is 0.165 e. The Balaban J connectivity index is 1.88. The van der Waals surface area contributed by atoms with Gasteiger partial charge in [0, 0.05) is 11.8 Å². The first-order chi connectivity index (χ1) is 11.2. The monoisotopic (exact) mass is 316 g/mol. The molecule has 0 atom stereocenters. The van der Waals surface area contributed by atoms with Gasteiger partial charge < -0.3 is 4.74 Å². The number of nitrogens with zero attached hydrogens (tertiary/aromatic N) is 2. The molecule has 0 aliphatic heterocycles. The topological polar surface area (TPSA) is 35.0 Å². The molecule has 0 N–H and O–H groups in total. The van der Waals surface area contributed by atoms with Gasteiger partial charge in [-0.3, -0.25) is 9.97 Å². The molecule has 1 aromatic carbocycles. The van der Waals surface area contributed by atoms with Crippen molar-refractivity contribution in [3.8, 4) is 17.0 Å². The first-order valence-electron chi connectivity index (χ1n) is 8.39. The molecule has 23 heavy (non-hydrogen) atoms. The maximum absolute atomic E-state index is 13.7. The van der Waals surface area contributed by atoms with Gasteiger partial charge in [-0.2, -0.15) is 0 Å². The quantitative estimate of drug-likeness (QED) is 0.597. The van der Waals surface area contributed by atoms with Crippen molar-refractivity contribution in [3.63, 3.8) is 0 Å². The van der Waals surface area contributed by atoms with Crippen LogP contribution < -0.4 is 4.74 Å². The Morgan fingerprint density at radius 3 is 2.43 bits per heavy atom. The largest absolute Gasteiger partial charge is 0.494 e. The van der Waals surface area contributed by atoms with E-state index >= 15 is 0 Å². The highest BCUT2D eigenvalue weighted by atomic mass is 19.1. The smallest absolute Gasteiger partial charge is 0.165 e. The predicted octanol–water partition coefficient (Wildman–Crippen LogP) is 5.19. The number of rotatable bonds is 9. The van der Waals surface area contributed by atoms with Crippen LogP contribution in [-0.4, -0.2) is 17.1 Å². The second-order valence-corrected chi connectivity index (χ2v) is 5.76. The van der Waals surface area contributed by atoms with Crippen LogP contribution in [0.1, 0.15) is 51.1 Å². The van der Waals surface area contributed by atoms with Crippen LogP contribution in [0.5, 0.6) is 5.75 Å². The summed E-state index contributed by atoms with van der Waals surface area (Å²) in [4.78, 5) is 8.85. The number of benzene rings is 1. The van der Waals surface area contributed by atoms with E-state index < -0.39 is 0 Å². The number of aryl methyl sites for hydroxylation is 1. The molecule has 0 fully saturated rings. The molecule has 0 aliphatic carbocycles. The molecule has 0 saturated carbocycles. The third-order valence-corrected chi connectivity index (χ3v) is 3.94. The van der Waals surface area contributed by atoms with E-state index in [1.807, 2.05) is 0 Å². The molecule has 4 heteroatoms. The lowest BCUT2D eigenvalue weighted by Crippen LogP contribution is -1.95. The highest BCUT2D eigenvalue weighted by Gasteiger charge is 2.07. The maximum atomic E-state index is 13.7. The van der Waals surface area contributed by atoms with E-state index in [0.717, 1.165) is 18.5 Å². The summed E-state index contributed by atoms with van der Waals surface area (Å²) >= 11 is 0. The van der Waals surface area contributed by atoms with Gasteiger partial charge in [-0.1, -0.05) is 39.0 Å². The Morgan fingerprint density at radius 2 is 1.78 bits per heavy atom. The zero-order valence-corrected chi connectivity index (χ0v) is 14.0. The van der Waals surface area contributed by atoms with Gasteiger partial charge in [0.2, 0.25) is 0 Å². The zero-order valence-electron chi connectivity index (χ0n) is 14.0. The van der Waals surface area contributed by atoms with Crippen LogP contribution in [0.15, 0.2) is 30.6 Å². The Bertz CT molecular complexity index is 599. The summed E-state index contributed by atoms with van der Waals surface area (Å²) in [6, 6.07) is 4.83. The SMILES string of the molecule is CCCCCCCCc1cnc(-c2ccc(OC)c(F)c2)cn1. The van der Waals surface area contributed by atoms with Crippen LogP contribution in [0, 0.1) is 5.82 Å². The van der Waals surface area contributed by atoms with E-state index in [1.165, 1.54) is 45.3 Å². The summed E-state index contributed by atoms with van der Waals surface area (Å²) in [6.07, 6.45) is 12.1. The Morgan fingerprint density at radius 1 is 1.00 bits per heavy atom. The molecule has 0 saturated heterocycles. The molecule has 124 valence electrons. The molecule has 2 rings (SSSR count). The molecule has 0 radical (unpaired) electrons. The number of methoxy groups -OCH3 is 1. The lowest BCUT2D eigenvalue weighted by Gasteiger charge is -2.06.